The van der Waals surface area contributed by atoms with Gasteiger partial charge in [-0.05, 0) is 73.9 Å². The fourth-order valence-electron chi connectivity index (χ4n) is 3.66. The Balaban J connectivity index is 1.74. The zero-order chi connectivity index (χ0) is 21.2. The number of aryl methyl sites for hydroxylation is 3. The lowest BCUT2D eigenvalue weighted by Gasteiger charge is -2.24. The van der Waals surface area contributed by atoms with E-state index in [1.165, 1.54) is 24.0 Å². The van der Waals surface area contributed by atoms with Crippen LogP contribution in [-0.4, -0.2) is 27.1 Å². The molecule has 2 aromatic rings. The van der Waals surface area contributed by atoms with Gasteiger partial charge in [0, 0.05) is 5.02 Å². The third-order valence-electron chi connectivity index (χ3n) is 5.38. The van der Waals surface area contributed by atoms with Crippen molar-refractivity contribution in [3.63, 3.8) is 0 Å². The normalized spacial score (nSPS) is 14.8. The lowest BCUT2D eigenvalue weighted by Crippen LogP contribution is -2.41. The first-order valence-electron chi connectivity index (χ1n) is 9.80. The molecular weight excluding hydrogens is 408 g/mol. The van der Waals surface area contributed by atoms with Gasteiger partial charge in [-0.2, -0.15) is 0 Å². The highest BCUT2D eigenvalue weighted by molar-refractivity contribution is 7.92. The van der Waals surface area contributed by atoms with Crippen LogP contribution in [0.15, 0.2) is 36.4 Å². The molecule has 2 aromatic carbocycles. The number of halogens is 1. The van der Waals surface area contributed by atoms with Crippen LogP contribution in [0, 0.1) is 6.92 Å². The molecule has 0 aliphatic heterocycles. The SMILES string of the molecule is Cc1ccc(N(CC(=O)N[C@H](C)c2ccc3c(c2)CCCC3)S(C)(=O)=O)cc1Cl. The maximum absolute atomic E-state index is 12.6. The fraction of sp³-hybridized carbons (Fsp3) is 0.409. The Kier molecular flexibility index (Phi) is 6.54. The molecule has 7 heteroatoms. The van der Waals surface area contributed by atoms with Gasteiger partial charge in [0.25, 0.3) is 0 Å². The van der Waals surface area contributed by atoms with E-state index in [0.717, 1.165) is 34.5 Å². The van der Waals surface area contributed by atoms with E-state index in [9.17, 15) is 13.2 Å². The predicted octanol–water partition coefficient (Wildman–Crippen LogP) is 4.17. The largest absolute Gasteiger partial charge is 0.348 e. The molecule has 1 aliphatic carbocycles. The summed E-state index contributed by atoms with van der Waals surface area (Å²) in [5.41, 5.74) is 4.98. The zero-order valence-corrected chi connectivity index (χ0v) is 18.6. The molecule has 0 saturated carbocycles. The van der Waals surface area contributed by atoms with Crippen LogP contribution in [0.4, 0.5) is 5.69 Å². The maximum atomic E-state index is 12.6. The summed E-state index contributed by atoms with van der Waals surface area (Å²) in [6, 6.07) is 11.1. The second-order valence-corrected chi connectivity index (χ2v) is 10.0. The fourth-order valence-corrected chi connectivity index (χ4v) is 4.68. The number of anilines is 1. The first kappa shape index (κ1) is 21.7. The van der Waals surface area contributed by atoms with E-state index in [4.69, 9.17) is 11.6 Å². The molecule has 1 atom stereocenters. The highest BCUT2D eigenvalue weighted by Crippen LogP contribution is 2.26. The van der Waals surface area contributed by atoms with E-state index < -0.39 is 10.0 Å². The smallest absolute Gasteiger partial charge is 0.241 e. The number of nitrogens with one attached hydrogen (secondary N) is 1. The molecule has 1 amide bonds. The number of nitrogens with zero attached hydrogens (tertiary/aromatic N) is 1. The predicted molar refractivity (Wildman–Crippen MR) is 118 cm³/mol. The van der Waals surface area contributed by atoms with Gasteiger partial charge in [-0.3, -0.25) is 9.10 Å². The molecule has 5 nitrogen and oxygen atoms in total. The molecular formula is C22H27ClN2O3S. The average Bonchev–Trinajstić information content (AvgIpc) is 2.67. The standard InChI is InChI=1S/C22H27ClN2O3S/c1-15-8-11-20(13-21(15)23)25(29(3,27)28)14-22(26)24-16(2)18-10-9-17-6-4-5-7-19(17)12-18/h8-13,16H,4-7,14H2,1-3H3,(H,24,26)/t16-/m1/s1. The van der Waals surface area contributed by atoms with Crippen LogP contribution < -0.4 is 9.62 Å². The number of benzene rings is 2. The molecule has 0 heterocycles. The summed E-state index contributed by atoms with van der Waals surface area (Å²) >= 11 is 6.14. The summed E-state index contributed by atoms with van der Waals surface area (Å²) in [4.78, 5) is 12.6. The minimum Gasteiger partial charge on any atom is -0.348 e. The minimum atomic E-state index is -3.64. The van der Waals surface area contributed by atoms with Gasteiger partial charge in [-0.15, -0.1) is 0 Å². The van der Waals surface area contributed by atoms with Crippen LogP contribution in [0.3, 0.4) is 0 Å². The van der Waals surface area contributed by atoms with Crippen LogP contribution in [0.1, 0.15) is 48.1 Å². The van der Waals surface area contributed by atoms with Crippen molar-refractivity contribution in [2.75, 3.05) is 17.1 Å². The monoisotopic (exact) mass is 434 g/mol. The van der Waals surface area contributed by atoms with Gasteiger partial charge in [0.1, 0.15) is 6.54 Å². The van der Waals surface area contributed by atoms with Crippen molar-refractivity contribution in [2.24, 2.45) is 0 Å². The van der Waals surface area contributed by atoms with Crippen LogP contribution in [-0.2, 0) is 27.7 Å². The van der Waals surface area contributed by atoms with Crippen molar-refractivity contribution in [3.8, 4) is 0 Å². The Morgan fingerprint density at radius 2 is 1.83 bits per heavy atom. The zero-order valence-electron chi connectivity index (χ0n) is 17.0. The number of hydrogen-bond donors (Lipinski definition) is 1. The first-order chi connectivity index (χ1) is 13.6. The molecule has 1 aliphatic rings. The summed E-state index contributed by atoms with van der Waals surface area (Å²) in [5.74, 6) is -0.364. The van der Waals surface area contributed by atoms with Gasteiger partial charge < -0.3 is 5.32 Å². The Morgan fingerprint density at radius 3 is 2.48 bits per heavy atom. The van der Waals surface area contributed by atoms with E-state index >= 15 is 0 Å². The summed E-state index contributed by atoms with van der Waals surface area (Å²) in [5, 5.41) is 3.38. The van der Waals surface area contributed by atoms with Crippen LogP contribution in [0.25, 0.3) is 0 Å². The third-order valence-corrected chi connectivity index (χ3v) is 6.93. The number of fused-ring (bicyclic) bond motifs is 1. The van der Waals surface area contributed by atoms with E-state index in [0.29, 0.717) is 10.7 Å². The number of amides is 1. The van der Waals surface area contributed by atoms with E-state index in [1.54, 1.807) is 18.2 Å². The molecule has 1 N–H and O–H groups in total. The lowest BCUT2D eigenvalue weighted by molar-refractivity contribution is -0.120. The highest BCUT2D eigenvalue weighted by Gasteiger charge is 2.23. The summed E-state index contributed by atoms with van der Waals surface area (Å²) in [7, 11) is -3.64. The molecule has 3 rings (SSSR count). The van der Waals surface area contributed by atoms with Crippen molar-refractivity contribution in [3.05, 3.63) is 63.7 Å². The van der Waals surface area contributed by atoms with Crippen LogP contribution in [0.2, 0.25) is 5.02 Å². The number of rotatable bonds is 6. The number of carbonyl (C=O) groups is 1. The van der Waals surface area contributed by atoms with Crippen molar-refractivity contribution in [2.45, 2.75) is 45.6 Å². The van der Waals surface area contributed by atoms with Gasteiger partial charge in [0.05, 0.1) is 18.0 Å². The van der Waals surface area contributed by atoms with E-state index in [1.807, 2.05) is 19.9 Å². The molecule has 0 saturated heterocycles. The Labute approximate surface area is 178 Å². The van der Waals surface area contributed by atoms with Crippen LogP contribution >= 0.6 is 11.6 Å². The summed E-state index contributed by atoms with van der Waals surface area (Å²) in [6.07, 6.45) is 5.68. The topological polar surface area (TPSA) is 66.5 Å². The Hall–Kier alpha value is -2.05. The van der Waals surface area contributed by atoms with Crippen molar-refractivity contribution >= 4 is 33.2 Å². The number of sulfonamides is 1. The first-order valence-corrected chi connectivity index (χ1v) is 12.0. The van der Waals surface area contributed by atoms with Gasteiger partial charge in [0.2, 0.25) is 15.9 Å². The molecule has 0 bridgehead atoms. The van der Waals surface area contributed by atoms with E-state index in [-0.39, 0.29) is 18.5 Å². The molecule has 29 heavy (non-hydrogen) atoms. The molecule has 0 radical (unpaired) electrons. The number of carbonyl (C=O) groups excluding carboxylic acids is 1. The second-order valence-electron chi connectivity index (χ2n) is 7.73. The molecule has 0 fully saturated rings. The Morgan fingerprint density at radius 1 is 1.14 bits per heavy atom. The van der Waals surface area contributed by atoms with Crippen LogP contribution in [0.5, 0.6) is 0 Å². The van der Waals surface area contributed by atoms with Crippen molar-refractivity contribution in [1.29, 1.82) is 0 Å². The quantitative estimate of drug-likeness (QED) is 0.741. The van der Waals surface area contributed by atoms with Gasteiger partial charge in [-0.1, -0.05) is 35.9 Å². The summed E-state index contributed by atoms with van der Waals surface area (Å²) in [6.45, 7) is 3.45. The van der Waals surface area contributed by atoms with Crippen molar-refractivity contribution in [1.82, 2.24) is 5.32 Å². The van der Waals surface area contributed by atoms with Crippen molar-refractivity contribution < 1.29 is 13.2 Å². The average molecular weight is 435 g/mol. The molecule has 0 spiro atoms. The third kappa shape index (κ3) is 5.31. The summed E-state index contributed by atoms with van der Waals surface area (Å²) < 4.78 is 25.6. The second kappa shape index (κ2) is 8.76. The van der Waals surface area contributed by atoms with Gasteiger partial charge in [-0.25, -0.2) is 8.42 Å². The molecule has 0 unspecified atom stereocenters. The van der Waals surface area contributed by atoms with E-state index in [2.05, 4.69) is 17.4 Å². The minimum absolute atomic E-state index is 0.210. The number of hydrogen-bond acceptors (Lipinski definition) is 3. The Bertz CT molecular complexity index is 1020. The highest BCUT2D eigenvalue weighted by atomic mass is 35.5. The lowest BCUT2D eigenvalue weighted by atomic mass is 9.89. The molecule has 156 valence electrons. The van der Waals surface area contributed by atoms with Gasteiger partial charge in [0.15, 0.2) is 0 Å². The van der Waals surface area contributed by atoms with Gasteiger partial charge >= 0.3 is 0 Å². The molecule has 0 aromatic heterocycles. The maximum Gasteiger partial charge on any atom is 0.241 e.